The summed E-state index contributed by atoms with van der Waals surface area (Å²) in [6, 6.07) is 9.75. The molecule has 1 aromatic carbocycles. The van der Waals surface area contributed by atoms with Crippen LogP contribution >= 0.6 is 0 Å². The van der Waals surface area contributed by atoms with Crippen molar-refractivity contribution in [2.75, 3.05) is 11.9 Å². The van der Waals surface area contributed by atoms with E-state index in [0.717, 1.165) is 48.8 Å². The summed E-state index contributed by atoms with van der Waals surface area (Å²) in [5, 5.41) is 3.68. The van der Waals surface area contributed by atoms with Gasteiger partial charge in [0, 0.05) is 29.4 Å². The second-order valence-electron chi connectivity index (χ2n) is 6.96. The number of fused-ring (bicyclic) bond motifs is 1. The Labute approximate surface area is 152 Å². The van der Waals surface area contributed by atoms with Crippen LogP contribution in [0.15, 0.2) is 42.7 Å². The number of imidazole rings is 1. The van der Waals surface area contributed by atoms with Crippen LogP contribution in [-0.2, 0) is 0 Å². The number of aromatic amines is 1. The van der Waals surface area contributed by atoms with Gasteiger partial charge in [0.1, 0.15) is 0 Å². The fraction of sp³-hybridized carbons (Fsp3) is 0.350. The monoisotopic (exact) mass is 349 g/mol. The predicted octanol–water partition coefficient (Wildman–Crippen LogP) is 3.44. The lowest BCUT2D eigenvalue weighted by molar-refractivity contribution is 0.102. The first-order valence-electron chi connectivity index (χ1n) is 9.15. The maximum atomic E-state index is 12.8. The average Bonchev–Trinajstić information content (AvgIpc) is 3.20. The van der Waals surface area contributed by atoms with Gasteiger partial charge in [0.05, 0.1) is 11.1 Å². The highest BCUT2D eigenvalue weighted by atomic mass is 16.1. The molecule has 4 N–H and O–H groups in total. The van der Waals surface area contributed by atoms with E-state index in [1.807, 2.05) is 30.3 Å². The fourth-order valence-electron chi connectivity index (χ4n) is 3.80. The number of benzene rings is 1. The van der Waals surface area contributed by atoms with Crippen LogP contribution in [0.4, 0.5) is 5.95 Å². The van der Waals surface area contributed by atoms with Crippen molar-refractivity contribution in [3.05, 3.63) is 54.0 Å². The summed E-state index contributed by atoms with van der Waals surface area (Å²) in [7, 11) is 0. The molecule has 0 saturated heterocycles. The number of carbonyl (C=O) groups is 1. The van der Waals surface area contributed by atoms with Crippen molar-refractivity contribution in [2.24, 2.45) is 11.7 Å². The molecular weight excluding hydrogens is 326 g/mol. The molecule has 2 heterocycles. The van der Waals surface area contributed by atoms with Gasteiger partial charge in [-0.25, -0.2) is 4.98 Å². The van der Waals surface area contributed by atoms with Crippen molar-refractivity contribution in [3.63, 3.8) is 0 Å². The molecule has 1 aliphatic rings. The Morgan fingerprint density at radius 3 is 2.77 bits per heavy atom. The summed E-state index contributed by atoms with van der Waals surface area (Å²) < 4.78 is 0. The zero-order chi connectivity index (χ0) is 17.9. The Morgan fingerprint density at radius 1 is 1.23 bits per heavy atom. The Morgan fingerprint density at radius 2 is 2.04 bits per heavy atom. The molecule has 0 bridgehead atoms. The molecule has 4 rings (SSSR count). The van der Waals surface area contributed by atoms with Gasteiger partial charge in [-0.15, -0.1) is 0 Å². The summed E-state index contributed by atoms with van der Waals surface area (Å²) in [5.74, 6) is 1.28. The van der Waals surface area contributed by atoms with Gasteiger partial charge >= 0.3 is 0 Å². The molecule has 2 aromatic heterocycles. The lowest BCUT2D eigenvalue weighted by Gasteiger charge is -2.27. The largest absolute Gasteiger partial charge is 0.331 e. The first kappa shape index (κ1) is 16.7. The predicted molar refractivity (Wildman–Crippen MR) is 102 cm³/mol. The van der Waals surface area contributed by atoms with Crippen molar-refractivity contribution in [3.8, 4) is 0 Å². The average molecular weight is 349 g/mol. The number of amides is 1. The number of pyridine rings is 1. The van der Waals surface area contributed by atoms with Crippen molar-refractivity contribution >= 4 is 22.8 Å². The molecule has 0 atom stereocenters. The van der Waals surface area contributed by atoms with E-state index in [0.29, 0.717) is 23.3 Å². The van der Waals surface area contributed by atoms with E-state index in [-0.39, 0.29) is 5.91 Å². The molecular formula is C20H23N5O. The number of hydrogen-bond acceptors (Lipinski definition) is 4. The molecule has 0 unspecified atom stereocenters. The lowest BCUT2D eigenvalue weighted by Crippen LogP contribution is -2.21. The minimum absolute atomic E-state index is 0.171. The van der Waals surface area contributed by atoms with Gasteiger partial charge in [-0.1, -0.05) is 18.2 Å². The molecule has 0 spiro atoms. The fourth-order valence-corrected chi connectivity index (χ4v) is 3.80. The third-order valence-electron chi connectivity index (χ3n) is 5.31. The van der Waals surface area contributed by atoms with E-state index in [9.17, 15) is 4.79 Å². The molecule has 1 saturated carbocycles. The van der Waals surface area contributed by atoms with Crippen molar-refractivity contribution in [2.45, 2.75) is 31.6 Å². The molecule has 3 aromatic rings. The molecule has 1 fully saturated rings. The lowest BCUT2D eigenvalue weighted by atomic mass is 9.80. The number of anilines is 1. The minimum Gasteiger partial charge on any atom is -0.331 e. The van der Waals surface area contributed by atoms with Gasteiger partial charge in [0.2, 0.25) is 5.95 Å². The third kappa shape index (κ3) is 3.32. The third-order valence-corrected chi connectivity index (χ3v) is 5.31. The number of nitrogens with one attached hydrogen (secondary N) is 2. The number of aromatic nitrogens is 3. The van der Waals surface area contributed by atoms with Crippen molar-refractivity contribution in [1.29, 1.82) is 0 Å². The summed E-state index contributed by atoms with van der Waals surface area (Å²) in [6.07, 6.45) is 7.70. The highest BCUT2D eigenvalue weighted by Crippen LogP contribution is 2.36. The topological polar surface area (TPSA) is 96.7 Å². The zero-order valence-electron chi connectivity index (χ0n) is 14.6. The van der Waals surface area contributed by atoms with Gasteiger partial charge in [-0.3, -0.25) is 15.1 Å². The van der Waals surface area contributed by atoms with Crippen LogP contribution in [0.25, 0.3) is 10.9 Å². The summed E-state index contributed by atoms with van der Waals surface area (Å²) in [5.41, 5.74) is 8.31. The van der Waals surface area contributed by atoms with Crippen LogP contribution in [0.5, 0.6) is 0 Å². The quantitative estimate of drug-likeness (QED) is 0.672. The molecule has 26 heavy (non-hydrogen) atoms. The first-order valence-corrected chi connectivity index (χ1v) is 9.15. The molecule has 0 aliphatic heterocycles. The molecule has 6 heteroatoms. The van der Waals surface area contributed by atoms with Crippen molar-refractivity contribution < 1.29 is 4.79 Å². The highest BCUT2D eigenvalue weighted by Gasteiger charge is 2.24. The van der Waals surface area contributed by atoms with Gasteiger partial charge in [-0.05, 0) is 50.3 Å². The van der Waals surface area contributed by atoms with Gasteiger partial charge in [-0.2, -0.15) is 0 Å². The van der Waals surface area contributed by atoms with E-state index >= 15 is 0 Å². The Hall–Kier alpha value is -2.73. The number of rotatable bonds is 4. The number of carbonyl (C=O) groups excluding carboxylic acids is 1. The summed E-state index contributed by atoms with van der Waals surface area (Å²) >= 11 is 0. The van der Waals surface area contributed by atoms with Crippen LogP contribution in [0.2, 0.25) is 0 Å². The Kier molecular flexibility index (Phi) is 4.67. The molecule has 1 aliphatic carbocycles. The highest BCUT2D eigenvalue weighted by molar-refractivity contribution is 6.11. The molecule has 134 valence electrons. The first-order chi connectivity index (χ1) is 12.7. The van der Waals surface area contributed by atoms with E-state index < -0.39 is 0 Å². The molecule has 1 amide bonds. The maximum absolute atomic E-state index is 12.8. The Balaban J connectivity index is 1.68. The van der Waals surface area contributed by atoms with Crippen LogP contribution in [0.1, 0.15) is 47.7 Å². The zero-order valence-corrected chi connectivity index (χ0v) is 14.6. The van der Waals surface area contributed by atoms with Gasteiger partial charge < -0.3 is 10.7 Å². The van der Waals surface area contributed by atoms with Crippen LogP contribution in [0, 0.1) is 5.92 Å². The van der Waals surface area contributed by atoms with E-state index in [1.165, 1.54) is 0 Å². The van der Waals surface area contributed by atoms with E-state index in [2.05, 4.69) is 15.3 Å². The van der Waals surface area contributed by atoms with E-state index in [1.54, 1.807) is 12.4 Å². The number of hydrogen-bond donors (Lipinski definition) is 3. The van der Waals surface area contributed by atoms with Gasteiger partial charge in [0.25, 0.3) is 5.91 Å². The maximum Gasteiger partial charge on any atom is 0.258 e. The summed E-state index contributed by atoms with van der Waals surface area (Å²) in [6.45, 7) is 0.759. The van der Waals surface area contributed by atoms with Crippen molar-refractivity contribution in [1.82, 2.24) is 15.0 Å². The normalized spacial score (nSPS) is 20.2. The second-order valence-corrected chi connectivity index (χ2v) is 6.96. The number of nitrogens with zero attached hydrogens (tertiary/aromatic N) is 2. The van der Waals surface area contributed by atoms with Gasteiger partial charge in [0.15, 0.2) is 0 Å². The van der Waals surface area contributed by atoms with Crippen LogP contribution < -0.4 is 11.1 Å². The SMILES string of the molecule is NCC1CCC(c2cc(C(=O)Nc3ncc[nH]3)c3ccccc3n2)CC1. The van der Waals surface area contributed by atoms with Crippen LogP contribution in [0.3, 0.4) is 0 Å². The van der Waals surface area contributed by atoms with Crippen LogP contribution in [-0.4, -0.2) is 27.4 Å². The number of para-hydroxylation sites is 1. The molecule has 0 radical (unpaired) electrons. The number of nitrogens with two attached hydrogens (primary N) is 1. The number of H-pyrrole nitrogens is 1. The standard InChI is InChI=1S/C20H23N5O/c21-12-13-5-7-14(8-6-13)18-11-16(15-3-1-2-4-17(15)24-18)19(26)25-20-22-9-10-23-20/h1-4,9-11,13-14H,5-8,12,21H2,(H2,22,23,25,26). The van der Waals surface area contributed by atoms with E-state index in [4.69, 9.17) is 10.7 Å². The second kappa shape index (κ2) is 7.25. The molecule has 6 nitrogen and oxygen atoms in total. The smallest absolute Gasteiger partial charge is 0.258 e. The summed E-state index contributed by atoms with van der Waals surface area (Å²) in [4.78, 5) is 24.7. The Bertz CT molecular complexity index is 898. The minimum atomic E-state index is -0.171.